The molecule has 0 amide bonds. The fourth-order valence-electron chi connectivity index (χ4n) is 4.78. The van der Waals surface area contributed by atoms with Crippen LogP contribution < -0.4 is 0 Å². The summed E-state index contributed by atoms with van der Waals surface area (Å²) < 4.78 is 11.4. The summed E-state index contributed by atoms with van der Waals surface area (Å²) in [6.45, 7) is 1.67. The van der Waals surface area contributed by atoms with Crippen LogP contribution >= 0.6 is 0 Å². The Kier molecular flexibility index (Phi) is 2.36. The first-order chi connectivity index (χ1) is 12.9. The van der Waals surface area contributed by atoms with Crippen LogP contribution in [0.2, 0.25) is 0 Å². The van der Waals surface area contributed by atoms with Gasteiger partial charge in [0.25, 0.3) is 0 Å². The molecule has 2 saturated heterocycles. The van der Waals surface area contributed by atoms with Gasteiger partial charge in [0.05, 0.1) is 13.2 Å². The minimum atomic E-state index is 0.245. The van der Waals surface area contributed by atoms with E-state index < -0.39 is 0 Å². The van der Waals surface area contributed by atoms with E-state index in [9.17, 15) is 0 Å². The molecule has 2 aliphatic rings. The van der Waals surface area contributed by atoms with Gasteiger partial charge in [0, 0.05) is 0 Å². The predicted molar refractivity (Wildman–Crippen MR) is 105 cm³/mol. The Morgan fingerprint density at radius 1 is 0.538 bits per heavy atom. The van der Waals surface area contributed by atoms with Crippen LogP contribution in [0.15, 0.2) is 60.7 Å². The van der Waals surface area contributed by atoms with E-state index in [1.165, 1.54) is 54.2 Å². The lowest BCUT2D eigenvalue weighted by Gasteiger charge is -2.18. The van der Waals surface area contributed by atoms with Gasteiger partial charge in [-0.05, 0) is 54.2 Å². The molecule has 0 spiro atoms. The first-order valence-corrected chi connectivity index (χ1v) is 9.25. The monoisotopic (exact) mass is 336 g/mol. The summed E-state index contributed by atoms with van der Waals surface area (Å²) in [6.07, 6.45) is 0.489. The molecule has 2 heterocycles. The van der Waals surface area contributed by atoms with Crippen molar-refractivity contribution in [1.82, 2.24) is 0 Å². The molecule has 0 aliphatic carbocycles. The van der Waals surface area contributed by atoms with Crippen molar-refractivity contribution in [2.45, 2.75) is 12.2 Å². The molecule has 5 aromatic carbocycles. The van der Waals surface area contributed by atoms with Crippen molar-refractivity contribution >= 4 is 43.1 Å². The molecule has 2 fully saturated rings. The van der Waals surface area contributed by atoms with Gasteiger partial charge in [0.2, 0.25) is 0 Å². The van der Waals surface area contributed by atoms with E-state index in [2.05, 4.69) is 60.7 Å². The molecular weight excluding hydrogens is 320 g/mol. The Hall–Kier alpha value is -2.68. The molecule has 26 heavy (non-hydrogen) atoms. The number of hydrogen-bond acceptors (Lipinski definition) is 2. The van der Waals surface area contributed by atoms with Crippen LogP contribution in [0.4, 0.5) is 0 Å². The van der Waals surface area contributed by atoms with Gasteiger partial charge in [-0.2, -0.15) is 0 Å². The molecule has 7 rings (SSSR count). The fourth-order valence-corrected chi connectivity index (χ4v) is 4.78. The van der Waals surface area contributed by atoms with E-state index in [0.717, 1.165) is 13.2 Å². The minimum absolute atomic E-state index is 0.245. The second kappa shape index (κ2) is 4.53. The molecule has 2 unspecified atom stereocenters. The average molecular weight is 336 g/mol. The third-order valence-electron chi connectivity index (χ3n) is 6.05. The van der Waals surface area contributed by atoms with Crippen LogP contribution in [0.5, 0.6) is 0 Å². The van der Waals surface area contributed by atoms with Gasteiger partial charge in [-0.1, -0.05) is 60.7 Å². The molecule has 0 bridgehead atoms. The third kappa shape index (κ3) is 1.64. The zero-order valence-electron chi connectivity index (χ0n) is 14.2. The van der Waals surface area contributed by atoms with E-state index in [-0.39, 0.29) is 12.2 Å². The molecule has 2 aliphatic heterocycles. The SMILES string of the molecule is c1cc2ccc(C3CO3)c3c4cccc5ccc(C6CO6)c(c(c1)c23)c54. The third-order valence-corrected chi connectivity index (χ3v) is 6.05. The summed E-state index contributed by atoms with van der Waals surface area (Å²) in [5.41, 5.74) is 2.66. The summed E-state index contributed by atoms with van der Waals surface area (Å²) >= 11 is 0. The molecule has 2 nitrogen and oxygen atoms in total. The van der Waals surface area contributed by atoms with Crippen LogP contribution in [-0.2, 0) is 9.47 Å². The molecule has 5 aromatic rings. The summed E-state index contributed by atoms with van der Waals surface area (Å²) in [5, 5.41) is 10.8. The second-order valence-electron chi connectivity index (χ2n) is 7.51. The highest BCUT2D eigenvalue weighted by atomic mass is 16.6. The van der Waals surface area contributed by atoms with Crippen molar-refractivity contribution in [1.29, 1.82) is 0 Å². The Bertz CT molecular complexity index is 1240. The lowest BCUT2D eigenvalue weighted by Crippen LogP contribution is -1.94. The van der Waals surface area contributed by atoms with Crippen molar-refractivity contribution in [3.63, 3.8) is 0 Å². The van der Waals surface area contributed by atoms with E-state index in [4.69, 9.17) is 9.47 Å². The maximum Gasteiger partial charge on any atom is 0.107 e. The Morgan fingerprint density at radius 3 is 1.42 bits per heavy atom. The summed E-state index contributed by atoms with van der Waals surface area (Å²) in [4.78, 5) is 0. The lowest BCUT2D eigenvalue weighted by atomic mass is 9.85. The first kappa shape index (κ1) is 13.5. The molecule has 0 saturated carbocycles. The van der Waals surface area contributed by atoms with Crippen molar-refractivity contribution < 1.29 is 9.47 Å². The molecule has 2 heteroatoms. The molecule has 0 aromatic heterocycles. The smallest absolute Gasteiger partial charge is 0.107 e. The van der Waals surface area contributed by atoms with Gasteiger partial charge in [-0.15, -0.1) is 0 Å². The van der Waals surface area contributed by atoms with Crippen LogP contribution in [0.25, 0.3) is 43.1 Å². The largest absolute Gasteiger partial charge is 0.368 e. The number of epoxide rings is 2. The lowest BCUT2D eigenvalue weighted by molar-refractivity contribution is 0.416. The topological polar surface area (TPSA) is 25.1 Å². The Morgan fingerprint density at radius 2 is 1.00 bits per heavy atom. The summed E-state index contributed by atoms with van der Waals surface area (Å²) in [7, 11) is 0. The quantitative estimate of drug-likeness (QED) is 0.228. The van der Waals surface area contributed by atoms with Crippen LogP contribution in [0.3, 0.4) is 0 Å². The number of rotatable bonds is 2. The van der Waals surface area contributed by atoms with E-state index >= 15 is 0 Å². The molecular formula is C24H16O2. The van der Waals surface area contributed by atoms with Gasteiger partial charge in [0.1, 0.15) is 12.2 Å². The zero-order chi connectivity index (χ0) is 16.8. The standard InChI is InChI=1S/C24H16O2/c1-3-13-7-9-16(20-12-26-20)24-18-6-2-4-14-8-10-15(19-11-25-19)23(22(14)18)17(5-1)21(13)24/h1-10,19-20H,11-12H2. The van der Waals surface area contributed by atoms with Crippen molar-refractivity contribution in [3.8, 4) is 0 Å². The normalized spacial score (nSPS) is 22.0. The first-order valence-electron chi connectivity index (χ1n) is 9.25. The van der Waals surface area contributed by atoms with Gasteiger partial charge >= 0.3 is 0 Å². The highest BCUT2D eigenvalue weighted by Gasteiger charge is 2.31. The maximum atomic E-state index is 5.69. The Balaban J connectivity index is 1.85. The van der Waals surface area contributed by atoms with Gasteiger partial charge < -0.3 is 9.47 Å². The highest BCUT2D eigenvalue weighted by molar-refractivity contribution is 6.34. The minimum Gasteiger partial charge on any atom is -0.368 e. The van der Waals surface area contributed by atoms with Crippen LogP contribution in [0.1, 0.15) is 23.3 Å². The molecule has 0 N–H and O–H groups in total. The summed E-state index contributed by atoms with van der Waals surface area (Å²) in [5.74, 6) is 0. The predicted octanol–water partition coefficient (Wildman–Crippen LogP) is 5.88. The van der Waals surface area contributed by atoms with Gasteiger partial charge in [0.15, 0.2) is 0 Å². The summed E-state index contributed by atoms with van der Waals surface area (Å²) in [6, 6.07) is 22.4. The zero-order valence-corrected chi connectivity index (χ0v) is 14.2. The number of fused-ring (bicyclic) bond motifs is 2. The number of benzene rings is 5. The molecule has 2 atom stereocenters. The van der Waals surface area contributed by atoms with Gasteiger partial charge in [-0.25, -0.2) is 0 Å². The molecule has 0 radical (unpaired) electrons. The number of ether oxygens (including phenoxy) is 2. The number of hydrogen-bond donors (Lipinski definition) is 0. The van der Waals surface area contributed by atoms with Crippen LogP contribution in [-0.4, -0.2) is 13.2 Å². The fraction of sp³-hybridized carbons (Fsp3) is 0.167. The van der Waals surface area contributed by atoms with E-state index in [1.807, 2.05) is 0 Å². The van der Waals surface area contributed by atoms with Crippen molar-refractivity contribution in [3.05, 3.63) is 71.8 Å². The molecule has 124 valence electrons. The second-order valence-corrected chi connectivity index (χ2v) is 7.51. The van der Waals surface area contributed by atoms with E-state index in [0.29, 0.717) is 0 Å². The van der Waals surface area contributed by atoms with Crippen molar-refractivity contribution in [2.24, 2.45) is 0 Å². The average Bonchev–Trinajstić information content (AvgIpc) is 3.57. The van der Waals surface area contributed by atoms with Crippen molar-refractivity contribution in [2.75, 3.05) is 13.2 Å². The maximum absolute atomic E-state index is 5.69. The highest BCUT2D eigenvalue weighted by Crippen LogP contribution is 2.48. The van der Waals surface area contributed by atoms with Gasteiger partial charge in [-0.3, -0.25) is 0 Å². The Labute approximate surface area is 150 Å². The van der Waals surface area contributed by atoms with Crippen LogP contribution in [0, 0.1) is 0 Å². The van der Waals surface area contributed by atoms with E-state index in [1.54, 1.807) is 0 Å².